The van der Waals surface area contributed by atoms with E-state index in [2.05, 4.69) is 66.7 Å². The van der Waals surface area contributed by atoms with Gasteiger partial charge in [-0.05, 0) is 111 Å². The van der Waals surface area contributed by atoms with Crippen LogP contribution < -0.4 is 9.47 Å². The number of hydrogen-bond acceptors (Lipinski definition) is 4. The standard InChI is InChI=1S/C32H44ClN3O2/c1-20(2)31-27-19-26(23-9-13-36(14-10-23)25-11-15-35(16-12-25)22(4)33)21(3)17-28(27)34-32(31)24-7-8-29(37-5)30(18-24)38-6/h7-8,17-20,22-23,25,34H,9-16H2,1-6H3. The van der Waals surface area contributed by atoms with Gasteiger partial charge < -0.3 is 19.4 Å². The lowest BCUT2D eigenvalue weighted by atomic mass is 9.84. The van der Waals surface area contributed by atoms with Crippen LogP contribution in [-0.4, -0.2) is 66.7 Å². The van der Waals surface area contributed by atoms with E-state index in [1.165, 1.54) is 72.1 Å². The zero-order valence-corrected chi connectivity index (χ0v) is 24.7. The molecule has 5 nitrogen and oxygen atoms in total. The van der Waals surface area contributed by atoms with Gasteiger partial charge in [-0.1, -0.05) is 13.8 Å². The monoisotopic (exact) mass is 537 g/mol. The zero-order valence-electron chi connectivity index (χ0n) is 23.9. The van der Waals surface area contributed by atoms with Crippen molar-refractivity contribution >= 4 is 22.5 Å². The highest BCUT2D eigenvalue weighted by molar-refractivity contribution is 6.20. The fraction of sp³-hybridized carbons (Fsp3) is 0.562. The number of nitrogens with zero attached hydrogens (tertiary/aromatic N) is 2. The van der Waals surface area contributed by atoms with Crippen molar-refractivity contribution in [2.45, 2.75) is 76.8 Å². The number of nitrogens with one attached hydrogen (secondary N) is 1. The Hall–Kier alpha value is -2.21. The maximum absolute atomic E-state index is 6.33. The molecule has 2 aromatic carbocycles. The molecular formula is C32H44ClN3O2. The van der Waals surface area contributed by atoms with Crippen LogP contribution in [0.4, 0.5) is 0 Å². The summed E-state index contributed by atoms with van der Waals surface area (Å²) in [4.78, 5) is 8.93. The molecule has 0 amide bonds. The molecule has 3 aromatic rings. The lowest BCUT2D eigenvalue weighted by Gasteiger charge is -2.42. The lowest BCUT2D eigenvalue weighted by Crippen LogP contribution is -2.48. The quantitative estimate of drug-likeness (QED) is 0.250. The van der Waals surface area contributed by atoms with E-state index in [-0.39, 0.29) is 5.50 Å². The minimum absolute atomic E-state index is 0.149. The summed E-state index contributed by atoms with van der Waals surface area (Å²) in [6.45, 7) is 13.6. The van der Waals surface area contributed by atoms with Crippen molar-refractivity contribution < 1.29 is 9.47 Å². The van der Waals surface area contributed by atoms with Crippen LogP contribution in [0.5, 0.6) is 11.5 Å². The second kappa shape index (κ2) is 11.5. The largest absolute Gasteiger partial charge is 0.493 e. The number of hydrogen-bond donors (Lipinski definition) is 1. The maximum Gasteiger partial charge on any atom is 0.161 e. The number of halogens is 1. The number of alkyl halides is 1. The number of rotatable bonds is 7. The van der Waals surface area contributed by atoms with Gasteiger partial charge in [-0.3, -0.25) is 4.90 Å². The summed E-state index contributed by atoms with van der Waals surface area (Å²) in [7, 11) is 3.37. The summed E-state index contributed by atoms with van der Waals surface area (Å²) in [6.07, 6.45) is 4.96. The number of benzene rings is 2. The average Bonchev–Trinajstić information content (AvgIpc) is 3.30. The predicted molar refractivity (Wildman–Crippen MR) is 159 cm³/mol. The number of piperidine rings is 2. The molecule has 0 bridgehead atoms. The summed E-state index contributed by atoms with van der Waals surface area (Å²) in [5.41, 5.74) is 7.99. The Morgan fingerprint density at radius 2 is 1.58 bits per heavy atom. The van der Waals surface area contributed by atoms with Crippen molar-refractivity contribution in [3.63, 3.8) is 0 Å². The van der Waals surface area contributed by atoms with Crippen LogP contribution in [0.25, 0.3) is 22.2 Å². The van der Waals surface area contributed by atoms with Gasteiger partial charge in [0.25, 0.3) is 0 Å². The Balaban J connectivity index is 1.39. The van der Waals surface area contributed by atoms with Crippen LogP contribution in [0.3, 0.4) is 0 Å². The van der Waals surface area contributed by atoms with Gasteiger partial charge in [-0.2, -0.15) is 0 Å². The molecular weight excluding hydrogens is 494 g/mol. The first-order valence-corrected chi connectivity index (χ1v) is 14.7. The first-order chi connectivity index (χ1) is 18.3. The van der Waals surface area contributed by atoms with E-state index in [1.807, 2.05) is 6.07 Å². The number of likely N-dealkylation sites (tertiary alicyclic amines) is 2. The molecule has 0 spiro atoms. The van der Waals surface area contributed by atoms with E-state index in [9.17, 15) is 0 Å². The fourth-order valence-electron chi connectivity index (χ4n) is 6.83. The molecule has 1 unspecified atom stereocenters. The van der Waals surface area contributed by atoms with Gasteiger partial charge in [0.05, 0.1) is 25.4 Å². The minimum Gasteiger partial charge on any atom is -0.493 e. The highest BCUT2D eigenvalue weighted by atomic mass is 35.5. The second-order valence-corrected chi connectivity index (χ2v) is 12.2. The third-order valence-electron chi connectivity index (χ3n) is 8.96. The van der Waals surface area contributed by atoms with Gasteiger partial charge >= 0.3 is 0 Å². The molecule has 2 aliphatic heterocycles. The highest BCUT2D eigenvalue weighted by Crippen LogP contribution is 2.41. The summed E-state index contributed by atoms with van der Waals surface area (Å²) >= 11 is 6.33. The summed E-state index contributed by atoms with van der Waals surface area (Å²) in [5, 5.41) is 1.36. The third kappa shape index (κ3) is 5.30. The van der Waals surface area contributed by atoms with Crippen molar-refractivity contribution in [3.8, 4) is 22.8 Å². The first-order valence-electron chi connectivity index (χ1n) is 14.3. The summed E-state index contributed by atoms with van der Waals surface area (Å²) in [5.74, 6) is 2.52. The molecule has 3 heterocycles. The molecule has 0 aliphatic carbocycles. The topological polar surface area (TPSA) is 40.7 Å². The number of fused-ring (bicyclic) bond motifs is 1. The van der Waals surface area contributed by atoms with Crippen molar-refractivity contribution in [2.24, 2.45) is 0 Å². The normalized spacial score (nSPS) is 19.4. The fourth-order valence-corrected chi connectivity index (χ4v) is 7.02. The van der Waals surface area contributed by atoms with Crippen molar-refractivity contribution in [1.82, 2.24) is 14.8 Å². The van der Waals surface area contributed by atoms with Crippen LogP contribution >= 0.6 is 11.6 Å². The van der Waals surface area contributed by atoms with Crippen LogP contribution in [0.1, 0.15) is 75.0 Å². The number of aromatic amines is 1. The molecule has 0 saturated carbocycles. The Labute approximate surface area is 233 Å². The highest BCUT2D eigenvalue weighted by Gasteiger charge is 2.30. The summed E-state index contributed by atoms with van der Waals surface area (Å²) < 4.78 is 11.1. The van der Waals surface area contributed by atoms with Crippen LogP contribution in [0.15, 0.2) is 30.3 Å². The van der Waals surface area contributed by atoms with E-state index in [0.29, 0.717) is 17.9 Å². The van der Waals surface area contributed by atoms with Gasteiger partial charge in [0.15, 0.2) is 11.5 Å². The summed E-state index contributed by atoms with van der Waals surface area (Å²) in [6, 6.07) is 11.8. The predicted octanol–water partition coefficient (Wildman–Crippen LogP) is 7.51. The van der Waals surface area contributed by atoms with Gasteiger partial charge in [0.1, 0.15) is 0 Å². The van der Waals surface area contributed by atoms with Crippen LogP contribution in [0.2, 0.25) is 0 Å². The number of methoxy groups -OCH3 is 2. The van der Waals surface area contributed by atoms with Crippen LogP contribution in [-0.2, 0) is 0 Å². The molecule has 2 aliphatic rings. The van der Waals surface area contributed by atoms with Crippen molar-refractivity contribution in [3.05, 3.63) is 47.0 Å². The van der Waals surface area contributed by atoms with E-state index < -0.39 is 0 Å². The molecule has 2 saturated heterocycles. The SMILES string of the molecule is COc1ccc(-c2[nH]c3cc(C)c(C4CCN(C5CCN(C(C)Cl)CC5)CC4)cc3c2C(C)C)cc1OC. The molecule has 1 atom stereocenters. The van der Waals surface area contributed by atoms with Gasteiger partial charge in [-0.25, -0.2) is 0 Å². The first kappa shape index (κ1) is 27.4. The second-order valence-electron chi connectivity index (χ2n) is 11.5. The number of H-pyrrole nitrogens is 1. The van der Waals surface area contributed by atoms with Gasteiger partial charge in [-0.15, -0.1) is 11.6 Å². The Bertz CT molecular complexity index is 1250. The third-order valence-corrected chi connectivity index (χ3v) is 9.24. The molecule has 6 heteroatoms. The molecule has 0 radical (unpaired) electrons. The Morgan fingerprint density at radius 1 is 0.895 bits per heavy atom. The molecule has 1 aromatic heterocycles. The maximum atomic E-state index is 6.33. The number of aromatic nitrogens is 1. The molecule has 5 rings (SSSR count). The lowest BCUT2D eigenvalue weighted by molar-refractivity contribution is 0.0843. The molecule has 38 heavy (non-hydrogen) atoms. The van der Waals surface area contributed by atoms with E-state index >= 15 is 0 Å². The van der Waals surface area contributed by atoms with Crippen molar-refractivity contribution in [1.29, 1.82) is 0 Å². The van der Waals surface area contributed by atoms with Gasteiger partial charge in [0.2, 0.25) is 0 Å². The van der Waals surface area contributed by atoms with E-state index in [0.717, 1.165) is 30.2 Å². The number of aryl methyl sites for hydroxylation is 1. The van der Waals surface area contributed by atoms with Crippen LogP contribution in [0, 0.1) is 6.92 Å². The van der Waals surface area contributed by atoms with E-state index in [1.54, 1.807) is 14.2 Å². The minimum atomic E-state index is 0.149. The smallest absolute Gasteiger partial charge is 0.161 e. The van der Waals surface area contributed by atoms with Gasteiger partial charge in [0, 0.05) is 35.6 Å². The average molecular weight is 538 g/mol. The molecule has 2 fully saturated rings. The zero-order chi connectivity index (χ0) is 27.0. The Kier molecular flexibility index (Phi) is 8.27. The van der Waals surface area contributed by atoms with Crippen molar-refractivity contribution in [2.75, 3.05) is 40.4 Å². The van der Waals surface area contributed by atoms with E-state index in [4.69, 9.17) is 21.1 Å². The number of ether oxygens (including phenoxy) is 2. The Morgan fingerprint density at radius 3 is 2.18 bits per heavy atom. The molecule has 1 N–H and O–H groups in total. The molecule has 206 valence electrons.